The molecule has 0 spiro atoms. The Morgan fingerprint density at radius 2 is 1.71 bits per heavy atom. The fraction of sp³-hybridized carbons (Fsp3) is 0.765. The summed E-state index contributed by atoms with van der Waals surface area (Å²) in [6, 6.07) is 0. The van der Waals surface area contributed by atoms with Gasteiger partial charge in [0, 0.05) is 5.92 Å². The van der Waals surface area contributed by atoms with E-state index in [9.17, 15) is 0 Å². The molecule has 1 heterocycles. The lowest BCUT2D eigenvalue weighted by Gasteiger charge is -2.38. The molecule has 0 aromatic rings. The Balaban J connectivity index is 2.81. The number of ether oxygens (including phenoxy) is 2. The zero-order chi connectivity index (χ0) is 16.3. The molecule has 1 rings (SSSR count). The standard InChI is InChI=1S/C17H32O3Si/c1-9-10-15(20-21(7,8)16(2,3)4)11-14-12-18-17(5,6)19-13-14/h9-11,14H,12-13H2,1-8H3/b10-9+,15-11-. The van der Waals surface area contributed by atoms with Crippen LogP contribution in [0, 0.1) is 5.92 Å². The van der Waals surface area contributed by atoms with Crippen molar-refractivity contribution >= 4 is 8.32 Å². The van der Waals surface area contributed by atoms with Crippen molar-refractivity contribution in [3.8, 4) is 0 Å². The molecule has 0 saturated carbocycles. The summed E-state index contributed by atoms with van der Waals surface area (Å²) < 4.78 is 17.8. The maximum absolute atomic E-state index is 6.40. The van der Waals surface area contributed by atoms with Crippen molar-refractivity contribution in [3.63, 3.8) is 0 Å². The number of hydrogen-bond donors (Lipinski definition) is 0. The molecule has 1 aliphatic rings. The molecule has 0 aromatic heterocycles. The highest BCUT2D eigenvalue weighted by Gasteiger charge is 2.39. The molecule has 0 aromatic carbocycles. The third-order valence-corrected chi connectivity index (χ3v) is 8.56. The molecule has 4 heteroatoms. The number of allylic oxidation sites excluding steroid dienone is 2. The second-order valence-corrected chi connectivity index (χ2v) is 12.4. The van der Waals surface area contributed by atoms with E-state index < -0.39 is 14.1 Å². The molecule has 3 nitrogen and oxygen atoms in total. The van der Waals surface area contributed by atoms with Crippen molar-refractivity contribution in [1.29, 1.82) is 0 Å². The third-order valence-electron chi connectivity index (χ3n) is 4.20. The minimum Gasteiger partial charge on any atom is -0.544 e. The molecular formula is C17H32O3Si. The van der Waals surface area contributed by atoms with Gasteiger partial charge in [-0.05, 0) is 51.1 Å². The lowest BCUT2D eigenvalue weighted by molar-refractivity contribution is -0.256. The highest BCUT2D eigenvalue weighted by atomic mass is 28.4. The Morgan fingerprint density at radius 1 is 1.19 bits per heavy atom. The molecule has 1 saturated heterocycles. The second-order valence-electron chi connectivity index (χ2n) is 7.71. The molecule has 0 radical (unpaired) electrons. The summed E-state index contributed by atoms with van der Waals surface area (Å²) in [5.41, 5.74) is 0. The van der Waals surface area contributed by atoms with Crippen LogP contribution in [0.25, 0.3) is 0 Å². The maximum atomic E-state index is 6.40. The van der Waals surface area contributed by atoms with E-state index in [0.29, 0.717) is 13.2 Å². The van der Waals surface area contributed by atoms with Gasteiger partial charge in [0.15, 0.2) is 5.79 Å². The van der Waals surface area contributed by atoms with Crippen molar-refractivity contribution < 1.29 is 13.9 Å². The predicted octanol–water partition coefficient (Wildman–Crippen LogP) is 4.87. The third kappa shape index (κ3) is 5.61. The van der Waals surface area contributed by atoms with Crippen LogP contribution < -0.4 is 0 Å². The zero-order valence-corrected chi connectivity index (χ0v) is 15.9. The fourth-order valence-corrected chi connectivity index (χ4v) is 2.80. The van der Waals surface area contributed by atoms with Gasteiger partial charge in [-0.3, -0.25) is 0 Å². The summed E-state index contributed by atoms with van der Waals surface area (Å²) in [7, 11) is -1.82. The summed E-state index contributed by atoms with van der Waals surface area (Å²) in [5, 5.41) is 0.190. The monoisotopic (exact) mass is 312 g/mol. The zero-order valence-electron chi connectivity index (χ0n) is 14.9. The minimum atomic E-state index is -1.82. The van der Waals surface area contributed by atoms with E-state index in [-0.39, 0.29) is 11.0 Å². The number of rotatable bonds is 4. The van der Waals surface area contributed by atoms with Crippen molar-refractivity contribution in [2.24, 2.45) is 5.92 Å². The van der Waals surface area contributed by atoms with E-state index in [2.05, 4.69) is 39.9 Å². The lowest BCUT2D eigenvalue weighted by atomic mass is 10.1. The maximum Gasteiger partial charge on any atom is 0.250 e. The van der Waals surface area contributed by atoms with Crippen LogP contribution in [0.1, 0.15) is 41.5 Å². The SMILES string of the molecule is C/C=C/C(=C/C1COC(C)(C)OC1)O[Si](C)(C)C(C)(C)C. The Hall–Kier alpha value is -0.583. The lowest BCUT2D eigenvalue weighted by Crippen LogP contribution is -2.41. The first-order chi connectivity index (χ1) is 9.47. The van der Waals surface area contributed by atoms with Crippen LogP contribution in [0.4, 0.5) is 0 Å². The smallest absolute Gasteiger partial charge is 0.250 e. The largest absolute Gasteiger partial charge is 0.544 e. The molecule has 21 heavy (non-hydrogen) atoms. The summed E-state index contributed by atoms with van der Waals surface area (Å²) in [4.78, 5) is 0. The molecule has 1 aliphatic heterocycles. The van der Waals surface area contributed by atoms with Crippen LogP contribution in [0.5, 0.6) is 0 Å². The predicted molar refractivity (Wildman–Crippen MR) is 90.7 cm³/mol. The fourth-order valence-electron chi connectivity index (χ4n) is 1.77. The molecule has 0 aliphatic carbocycles. The van der Waals surface area contributed by atoms with Gasteiger partial charge >= 0.3 is 0 Å². The summed E-state index contributed by atoms with van der Waals surface area (Å²) >= 11 is 0. The molecule has 0 bridgehead atoms. The van der Waals surface area contributed by atoms with Crippen LogP contribution in [0.3, 0.4) is 0 Å². The van der Waals surface area contributed by atoms with Gasteiger partial charge < -0.3 is 13.9 Å². The highest BCUT2D eigenvalue weighted by Crippen LogP contribution is 2.38. The Kier molecular flexibility index (Phi) is 5.87. The van der Waals surface area contributed by atoms with E-state index in [1.54, 1.807) is 0 Å². The van der Waals surface area contributed by atoms with E-state index in [1.807, 2.05) is 32.9 Å². The average Bonchev–Trinajstić information content (AvgIpc) is 2.30. The van der Waals surface area contributed by atoms with E-state index in [4.69, 9.17) is 13.9 Å². The van der Waals surface area contributed by atoms with Crippen molar-refractivity contribution in [1.82, 2.24) is 0 Å². The van der Waals surface area contributed by atoms with Gasteiger partial charge in [-0.25, -0.2) is 0 Å². The molecular weight excluding hydrogens is 280 g/mol. The Bertz CT molecular complexity index is 393. The van der Waals surface area contributed by atoms with Crippen LogP contribution in [0.2, 0.25) is 18.1 Å². The summed E-state index contributed by atoms with van der Waals surface area (Å²) in [6.07, 6.45) is 6.21. The Labute approximate surface area is 131 Å². The van der Waals surface area contributed by atoms with Crippen molar-refractivity contribution in [2.75, 3.05) is 13.2 Å². The van der Waals surface area contributed by atoms with Crippen LogP contribution >= 0.6 is 0 Å². The van der Waals surface area contributed by atoms with Gasteiger partial charge in [-0.15, -0.1) is 0 Å². The van der Waals surface area contributed by atoms with Crippen molar-refractivity contribution in [3.05, 3.63) is 24.0 Å². The normalized spacial score (nSPS) is 21.8. The van der Waals surface area contributed by atoms with Gasteiger partial charge in [-0.2, -0.15) is 0 Å². The molecule has 0 atom stereocenters. The van der Waals surface area contributed by atoms with Crippen LogP contribution in [0.15, 0.2) is 24.0 Å². The first kappa shape index (κ1) is 18.5. The van der Waals surface area contributed by atoms with Gasteiger partial charge in [0.2, 0.25) is 8.32 Å². The molecule has 1 fully saturated rings. The molecule has 0 N–H and O–H groups in total. The Morgan fingerprint density at radius 3 is 2.14 bits per heavy atom. The van der Waals surface area contributed by atoms with Gasteiger partial charge in [0.1, 0.15) is 0 Å². The quantitative estimate of drug-likeness (QED) is 0.421. The highest BCUT2D eigenvalue weighted by molar-refractivity contribution is 6.74. The van der Waals surface area contributed by atoms with E-state index in [0.717, 1.165) is 5.76 Å². The van der Waals surface area contributed by atoms with Crippen LogP contribution in [-0.2, 0) is 13.9 Å². The van der Waals surface area contributed by atoms with Gasteiger partial charge in [0.05, 0.1) is 19.0 Å². The molecule has 0 unspecified atom stereocenters. The first-order valence-corrected chi connectivity index (χ1v) is 10.7. The average molecular weight is 313 g/mol. The van der Waals surface area contributed by atoms with Gasteiger partial charge in [-0.1, -0.05) is 26.8 Å². The summed E-state index contributed by atoms with van der Waals surface area (Å²) in [6.45, 7) is 18.6. The van der Waals surface area contributed by atoms with E-state index >= 15 is 0 Å². The van der Waals surface area contributed by atoms with Gasteiger partial charge in [0.25, 0.3) is 0 Å². The van der Waals surface area contributed by atoms with Crippen LogP contribution in [-0.4, -0.2) is 27.3 Å². The molecule has 0 amide bonds. The summed E-state index contributed by atoms with van der Waals surface area (Å²) in [5.74, 6) is 0.723. The van der Waals surface area contributed by atoms with Crippen molar-refractivity contribution in [2.45, 2.75) is 65.5 Å². The number of hydrogen-bond acceptors (Lipinski definition) is 3. The second kappa shape index (κ2) is 6.67. The first-order valence-electron chi connectivity index (χ1n) is 7.78. The van der Waals surface area contributed by atoms with E-state index in [1.165, 1.54) is 0 Å². The minimum absolute atomic E-state index is 0.190. The topological polar surface area (TPSA) is 27.7 Å². The molecule has 122 valence electrons.